The molecule has 2 amide bonds. The zero-order valence-electron chi connectivity index (χ0n) is 12.2. The van der Waals surface area contributed by atoms with E-state index in [0.717, 1.165) is 4.90 Å². The summed E-state index contributed by atoms with van der Waals surface area (Å²) in [6, 6.07) is 3.42. The number of thiophene rings is 1. The summed E-state index contributed by atoms with van der Waals surface area (Å²) in [4.78, 5) is 25.1. The fourth-order valence-corrected chi connectivity index (χ4v) is 2.97. The van der Waals surface area contributed by atoms with Gasteiger partial charge in [0.25, 0.3) is 5.91 Å². The van der Waals surface area contributed by atoms with E-state index in [1.165, 1.54) is 11.3 Å². The topological polar surface area (TPSA) is 69.6 Å². The van der Waals surface area contributed by atoms with Gasteiger partial charge in [0.15, 0.2) is 5.60 Å². The number of rotatable bonds is 5. The van der Waals surface area contributed by atoms with Crippen molar-refractivity contribution in [1.82, 2.24) is 10.2 Å². The highest BCUT2D eigenvalue weighted by Gasteiger charge is 2.57. The normalized spacial score (nSPS) is 21.5. The first-order valence-corrected chi connectivity index (χ1v) is 7.99. The van der Waals surface area contributed by atoms with Crippen LogP contribution in [0.3, 0.4) is 0 Å². The molecule has 2 heterocycles. The van der Waals surface area contributed by atoms with E-state index in [-0.39, 0.29) is 25.4 Å². The predicted octanol–water partition coefficient (Wildman–Crippen LogP) is 1.78. The summed E-state index contributed by atoms with van der Waals surface area (Å²) in [5.41, 5.74) is -2.81. The van der Waals surface area contributed by atoms with Gasteiger partial charge in [-0.1, -0.05) is 6.07 Å². The van der Waals surface area contributed by atoms with E-state index in [9.17, 15) is 27.9 Å². The predicted molar refractivity (Wildman–Crippen MR) is 78.1 cm³/mol. The van der Waals surface area contributed by atoms with Crippen LogP contribution in [0.2, 0.25) is 0 Å². The third kappa shape index (κ3) is 4.23. The van der Waals surface area contributed by atoms with E-state index in [0.29, 0.717) is 11.3 Å². The van der Waals surface area contributed by atoms with Gasteiger partial charge in [-0.15, -0.1) is 11.3 Å². The molecule has 1 unspecified atom stereocenters. The van der Waals surface area contributed by atoms with Crippen molar-refractivity contribution in [2.45, 2.75) is 31.0 Å². The van der Waals surface area contributed by atoms with Crippen LogP contribution in [0, 0.1) is 0 Å². The first kappa shape index (κ1) is 17.7. The second kappa shape index (κ2) is 6.88. The number of carbonyl (C=O) groups excluding carboxylic acids is 2. The number of amides is 2. The van der Waals surface area contributed by atoms with E-state index >= 15 is 0 Å². The molecule has 0 saturated carbocycles. The van der Waals surface area contributed by atoms with Crippen molar-refractivity contribution >= 4 is 23.2 Å². The van der Waals surface area contributed by atoms with Crippen LogP contribution >= 0.6 is 11.3 Å². The van der Waals surface area contributed by atoms with Gasteiger partial charge in [-0.3, -0.25) is 9.59 Å². The lowest BCUT2D eigenvalue weighted by atomic mass is 10.0. The molecule has 1 atom stereocenters. The highest BCUT2D eigenvalue weighted by Crippen LogP contribution is 2.37. The van der Waals surface area contributed by atoms with E-state index < -0.39 is 30.7 Å². The van der Waals surface area contributed by atoms with Gasteiger partial charge in [-0.05, 0) is 17.9 Å². The summed E-state index contributed by atoms with van der Waals surface area (Å²) in [5, 5.41) is 13.9. The number of hydrogen-bond acceptors (Lipinski definition) is 4. The number of alkyl halides is 3. The zero-order chi connectivity index (χ0) is 17.1. The molecule has 0 aromatic carbocycles. The standard InChI is InChI=1S/C14H17F3N2O3S/c15-14(16,17)13(22)5-7-19(9-13)11(20)4-1-6-18-12(21)10-3-2-8-23-10/h2-3,8,22H,1,4-7,9H2,(H,18,21). The molecule has 2 rings (SSSR count). The smallest absolute Gasteiger partial charge is 0.379 e. The molecule has 1 saturated heterocycles. The number of carbonyl (C=O) groups is 2. The number of nitrogens with one attached hydrogen (secondary N) is 1. The maximum Gasteiger partial charge on any atom is 0.419 e. The minimum Gasteiger partial charge on any atom is -0.379 e. The van der Waals surface area contributed by atoms with Gasteiger partial charge in [0.05, 0.1) is 11.4 Å². The van der Waals surface area contributed by atoms with Crippen molar-refractivity contribution < 1.29 is 27.9 Å². The second-order valence-corrected chi connectivity index (χ2v) is 6.38. The van der Waals surface area contributed by atoms with E-state index in [4.69, 9.17) is 0 Å². The Hall–Kier alpha value is -1.61. The summed E-state index contributed by atoms with van der Waals surface area (Å²) in [5.74, 6) is -0.685. The second-order valence-electron chi connectivity index (χ2n) is 5.43. The molecule has 1 aliphatic heterocycles. The Balaban J connectivity index is 1.71. The molecule has 0 bridgehead atoms. The van der Waals surface area contributed by atoms with Crippen molar-refractivity contribution in [3.63, 3.8) is 0 Å². The number of hydrogen-bond donors (Lipinski definition) is 2. The van der Waals surface area contributed by atoms with Gasteiger partial charge >= 0.3 is 6.18 Å². The van der Waals surface area contributed by atoms with Crippen LogP contribution in [-0.4, -0.2) is 53.2 Å². The van der Waals surface area contributed by atoms with Gasteiger partial charge < -0.3 is 15.3 Å². The Morgan fingerprint density at radius 2 is 2.17 bits per heavy atom. The Bertz CT molecular complexity index is 562. The fraction of sp³-hybridized carbons (Fsp3) is 0.571. The van der Waals surface area contributed by atoms with Crippen molar-refractivity contribution in [3.05, 3.63) is 22.4 Å². The lowest BCUT2D eigenvalue weighted by molar-refractivity contribution is -0.253. The van der Waals surface area contributed by atoms with Crippen LogP contribution in [-0.2, 0) is 4.79 Å². The van der Waals surface area contributed by atoms with Gasteiger partial charge in [0.2, 0.25) is 5.91 Å². The molecule has 9 heteroatoms. The number of halogens is 3. The first-order valence-electron chi connectivity index (χ1n) is 7.11. The molecule has 2 N–H and O–H groups in total. The third-order valence-corrected chi connectivity index (χ3v) is 4.59. The van der Waals surface area contributed by atoms with Gasteiger partial charge in [0.1, 0.15) is 0 Å². The summed E-state index contributed by atoms with van der Waals surface area (Å²) < 4.78 is 38.0. The van der Waals surface area contributed by atoms with Crippen LogP contribution in [0.1, 0.15) is 28.9 Å². The summed E-state index contributed by atoms with van der Waals surface area (Å²) >= 11 is 1.30. The number of likely N-dealkylation sites (tertiary alicyclic amines) is 1. The number of β-amino-alcohol motifs (C(OH)–C–C–N with tert-alkyl or cyclic N) is 1. The average molecular weight is 350 g/mol. The molecular formula is C14H17F3N2O3S. The molecule has 1 fully saturated rings. The summed E-state index contributed by atoms with van der Waals surface area (Å²) in [7, 11) is 0. The van der Waals surface area contributed by atoms with Crippen LogP contribution in [0.4, 0.5) is 13.2 Å². The van der Waals surface area contributed by atoms with Gasteiger partial charge in [-0.25, -0.2) is 0 Å². The molecular weight excluding hydrogens is 333 g/mol. The van der Waals surface area contributed by atoms with Crippen LogP contribution in [0.25, 0.3) is 0 Å². The van der Waals surface area contributed by atoms with Crippen LogP contribution < -0.4 is 5.32 Å². The SMILES string of the molecule is O=C(NCCCC(=O)N1CCC(O)(C(F)(F)F)C1)c1cccs1. The maximum absolute atomic E-state index is 12.7. The molecule has 128 valence electrons. The minimum atomic E-state index is -4.74. The number of nitrogens with zero attached hydrogens (tertiary/aromatic N) is 1. The fourth-order valence-electron chi connectivity index (χ4n) is 2.33. The Morgan fingerprint density at radius 1 is 1.43 bits per heavy atom. The maximum atomic E-state index is 12.7. The molecule has 5 nitrogen and oxygen atoms in total. The molecule has 1 aliphatic rings. The molecule has 0 radical (unpaired) electrons. The highest BCUT2D eigenvalue weighted by atomic mass is 32.1. The van der Waals surface area contributed by atoms with E-state index in [1.807, 2.05) is 0 Å². The highest BCUT2D eigenvalue weighted by molar-refractivity contribution is 7.12. The average Bonchev–Trinajstić information content (AvgIpc) is 3.12. The summed E-state index contributed by atoms with van der Waals surface area (Å²) in [6.07, 6.45) is -4.89. The Labute approximate surface area is 135 Å². The number of aliphatic hydroxyl groups is 1. The van der Waals surface area contributed by atoms with Crippen LogP contribution in [0.15, 0.2) is 17.5 Å². The van der Waals surface area contributed by atoms with Gasteiger partial charge in [0, 0.05) is 25.9 Å². The molecule has 0 spiro atoms. The lowest BCUT2D eigenvalue weighted by Gasteiger charge is -2.25. The monoisotopic (exact) mass is 350 g/mol. The van der Waals surface area contributed by atoms with Crippen molar-refractivity contribution in [2.75, 3.05) is 19.6 Å². The zero-order valence-corrected chi connectivity index (χ0v) is 13.0. The Kier molecular flexibility index (Phi) is 5.30. The minimum absolute atomic E-state index is 0.0264. The molecule has 23 heavy (non-hydrogen) atoms. The molecule has 0 aliphatic carbocycles. The molecule has 1 aromatic rings. The Morgan fingerprint density at radius 3 is 2.74 bits per heavy atom. The van der Waals surface area contributed by atoms with E-state index in [2.05, 4.69) is 5.32 Å². The quantitative estimate of drug-likeness (QED) is 0.796. The lowest BCUT2D eigenvalue weighted by Crippen LogP contribution is -2.48. The van der Waals surface area contributed by atoms with Crippen LogP contribution in [0.5, 0.6) is 0 Å². The first-order chi connectivity index (χ1) is 10.7. The van der Waals surface area contributed by atoms with Crippen molar-refractivity contribution in [2.24, 2.45) is 0 Å². The third-order valence-electron chi connectivity index (χ3n) is 3.73. The molecule has 1 aromatic heterocycles. The van der Waals surface area contributed by atoms with Crippen molar-refractivity contribution in [1.29, 1.82) is 0 Å². The summed E-state index contributed by atoms with van der Waals surface area (Å²) in [6.45, 7) is -0.576. The van der Waals surface area contributed by atoms with Crippen molar-refractivity contribution in [3.8, 4) is 0 Å². The largest absolute Gasteiger partial charge is 0.419 e. The van der Waals surface area contributed by atoms with E-state index in [1.54, 1.807) is 17.5 Å². The van der Waals surface area contributed by atoms with Gasteiger partial charge in [-0.2, -0.15) is 13.2 Å².